The van der Waals surface area contributed by atoms with E-state index in [-0.39, 0.29) is 5.82 Å². The summed E-state index contributed by atoms with van der Waals surface area (Å²) < 4.78 is 26.3. The van der Waals surface area contributed by atoms with E-state index < -0.39 is 0 Å². The van der Waals surface area contributed by atoms with Crippen molar-refractivity contribution in [1.29, 1.82) is 0 Å². The van der Waals surface area contributed by atoms with Crippen molar-refractivity contribution in [3.05, 3.63) is 82.7 Å². The van der Waals surface area contributed by atoms with Gasteiger partial charge in [0.25, 0.3) is 0 Å². The van der Waals surface area contributed by atoms with Crippen molar-refractivity contribution in [2.45, 2.75) is 63.8 Å². The highest BCUT2D eigenvalue weighted by molar-refractivity contribution is 5.59. The SMILES string of the molecule is COc1ccc(C2CCc3cc(O)ccc3C2)c(N(C)Cc2ccc(OCCNCC3CCCCC3)c(F)c2)c1. The maximum absolute atomic E-state index is 15.0. The van der Waals surface area contributed by atoms with Crippen LogP contribution in [0.5, 0.6) is 17.2 Å². The minimum absolute atomic E-state index is 0.305. The van der Waals surface area contributed by atoms with Crippen molar-refractivity contribution in [3.8, 4) is 17.2 Å². The predicted octanol–water partition coefficient (Wildman–Crippen LogP) is 7.00. The molecule has 0 heterocycles. The highest BCUT2D eigenvalue weighted by Gasteiger charge is 2.24. The van der Waals surface area contributed by atoms with Crippen molar-refractivity contribution < 1.29 is 19.0 Å². The first kappa shape index (κ1) is 28.3. The molecule has 0 spiro atoms. The summed E-state index contributed by atoms with van der Waals surface area (Å²) in [5.74, 6) is 2.25. The first-order chi connectivity index (χ1) is 19.5. The summed E-state index contributed by atoms with van der Waals surface area (Å²) in [7, 11) is 3.73. The first-order valence-corrected chi connectivity index (χ1v) is 14.8. The molecule has 2 N–H and O–H groups in total. The van der Waals surface area contributed by atoms with Gasteiger partial charge in [-0.3, -0.25) is 0 Å². The molecule has 5 rings (SSSR count). The van der Waals surface area contributed by atoms with E-state index in [9.17, 15) is 9.50 Å². The average molecular weight is 547 g/mol. The van der Waals surface area contributed by atoms with Crippen LogP contribution in [0.15, 0.2) is 54.6 Å². The Morgan fingerprint density at radius 3 is 2.62 bits per heavy atom. The fraction of sp³-hybridized carbons (Fsp3) is 0.471. The van der Waals surface area contributed by atoms with Gasteiger partial charge in [0.2, 0.25) is 0 Å². The molecule has 2 aliphatic rings. The minimum Gasteiger partial charge on any atom is -0.508 e. The molecule has 0 aromatic heterocycles. The van der Waals surface area contributed by atoms with Crippen LogP contribution in [0.4, 0.5) is 10.1 Å². The van der Waals surface area contributed by atoms with Crippen LogP contribution in [0.25, 0.3) is 0 Å². The minimum atomic E-state index is -0.323. The molecule has 5 nitrogen and oxygen atoms in total. The number of phenolic OH excluding ortho intramolecular Hbond substituents is 1. The zero-order chi connectivity index (χ0) is 27.9. The lowest BCUT2D eigenvalue weighted by Gasteiger charge is -2.30. The molecular formula is C34H43FN2O3. The van der Waals surface area contributed by atoms with E-state index >= 15 is 0 Å². The number of anilines is 1. The maximum atomic E-state index is 15.0. The zero-order valence-corrected chi connectivity index (χ0v) is 23.9. The first-order valence-electron chi connectivity index (χ1n) is 14.8. The number of nitrogens with one attached hydrogen (secondary N) is 1. The number of hydrogen-bond donors (Lipinski definition) is 2. The molecule has 2 aliphatic carbocycles. The van der Waals surface area contributed by atoms with Crippen LogP contribution in [0, 0.1) is 11.7 Å². The van der Waals surface area contributed by atoms with Crippen molar-refractivity contribution in [1.82, 2.24) is 5.32 Å². The molecule has 0 amide bonds. The Morgan fingerprint density at radius 2 is 1.82 bits per heavy atom. The van der Waals surface area contributed by atoms with Gasteiger partial charge in [0.1, 0.15) is 18.1 Å². The number of fused-ring (bicyclic) bond motifs is 1. The Morgan fingerprint density at radius 1 is 0.975 bits per heavy atom. The largest absolute Gasteiger partial charge is 0.508 e. The molecule has 3 aromatic rings. The van der Waals surface area contributed by atoms with Crippen LogP contribution >= 0.6 is 0 Å². The summed E-state index contributed by atoms with van der Waals surface area (Å²) >= 11 is 0. The van der Waals surface area contributed by atoms with Gasteiger partial charge in [-0.25, -0.2) is 4.39 Å². The van der Waals surface area contributed by atoms with Crippen molar-refractivity contribution in [2.24, 2.45) is 5.92 Å². The van der Waals surface area contributed by atoms with Gasteiger partial charge in [0.15, 0.2) is 11.6 Å². The number of benzene rings is 3. The van der Waals surface area contributed by atoms with E-state index in [1.165, 1.54) is 48.8 Å². The van der Waals surface area contributed by atoms with Gasteiger partial charge < -0.3 is 24.8 Å². The van der Waals surface area contributed by atoms with Crippen LogP contribution < -0.4 is 19.7 Å². The number of phenols is 1. The molecule has 0 aliphatic heterocycles. The quantitative estimate of drug-likeness (QED) is 0.254. The summed E-state index contributed by atoms with van der Waals surface area (Å²) in [6, 6.07) is 17.3. The van der Waals surface area contributed by atoms with Crippen LogP contribution in [0.2, 0.25) is 0 Å². The summed E-state index contributed by atoms with van der Waals surface area (Å²) in [6.07, 6.45) is 9.57. The Kier molecular flexibility index (Phi) is 9.48. The van der Waals surface area contributed by atoms with Gasteiger partial charge in [0, 0.05) is 31.9 Å². The molecule has 40 heavy (non-hydrogen) atoms. The predicted molar refractivity (Wildman–Crippen MR) is 159 cm³/mol. The topological polar surface area (TPSA) is 54.0 Å². The molecule has 1 unspecified atom stereocenters. The molecule has 1 saturated carbocycles. The summed E-state index contributed by atoms with van der Waals surface area (Å²) in [4.78, 5) is 2.18. The van der Waals surface area contributed by atoms with E-state index in [0.29, 0.717) is 30.6 Å². The van der Waals surface area contributed by atoms with E-state index in [0.717, 1.165) is 55.3 Å². The molecule has 3 aromatic carbocycles. The van der Waals surface area contributed by atoms with E-state index in [1.54, 1.807) is 25.3 Å². The van der Waals surface area contributed by atoms with E-state index in [4.69, 9.17) is 9.47 Å². The summed E-state index contributed by atoms with van der Waals surface area (Å²) in [5.41, 5.74) is 5.78. The molecule has 0 bridgehead atoms. The third-order valence-corrected chi connectivity index (χ3v) is 8.62. The van der Waals surface area contributed by atoms with Gasteiger partial charge in [-0.15, -0.1) is 0 Å². The van der Waals surface area contributed by atoms with Crippen molar-refractivity contribution >= 4 is 5.69 Å². The van der Waals surface area contributed by atoms with Gasteiger partial charge in [-0.2, -0.15) is 0 Å². The Bertz CT molecular complexity index is 1270. The standard InChI is InChI=1S/C34H43FN2O3/c1-37(23-25-8-15-34(32(35)18-25)40-17-16-36-22-24-6-4-3-5-7-24)33-21-30(39-2)13-14-31(33)28-10-9-27-20-29(38)12-11-26(27)19-28/h8,11-15,18,20-21,24,28,36,38H,3-7,9-10,16-17,19,22-23H2,1-2H3. The number of hydrogen-bond acceptors (Lipinski definition) is 5. The Balaban J connectivity index is 1.21. The second-order valence-corrected chi connectivity index (χ2v) is 11.5. The lowest BCUT2D eigenvalue weighted by atomic mass is 9.79. The Labute approximate surface area is 238 Å². The van der Waals surface area contributed by atoms with Gasteiger partial charge in [-0.05, 0) is 103 Å². The number of ether oxygens (including phenoxy) is 2. The van der Waals surface area contributed by atoms with Crippen LogP contribution in [0.1, 0.15) is 66.7 Å². The fourth-order valence-corrected chi connectivity index (χ4v) is 6.38. The fourth-order valence-electron chi connectivity index (χ4n) is 6.38. The Hall–Kier alpha value is -3.25. The van der Waals surface area contributed by atoms with Crippen molar-refractivity contribution in [3.63, 3.8) is 0 Å². The third kappa shape index (κ3) is 7.08. The molecule has 6 heteroatoms. The van der Waals surface area contributed by atoms with E-state index in [2.05, 4.69) is 22.3 Å². The van der Waals surface area contributed by atoms with Gasteiger partial charge in [0.05, 0.1) is 7.11 Å². The highest BCUT2D eigenvalue weighted by Crippen LogP contribution is 2.40. The molecule has 0 saturated heterocycles. The monoisotopic (exact) mass is 546 g/mol. The molecule has 214 valence electrons. The van der Waals surface area contributed by atoms with Gasteiger partial charge in [-0.1, -0.05) is 37.5 Å². The number of methoxy groups -OCH3 is 1. The van der Waals surface area contributed by atoms with Crippen LogP contribution in [0.3, 0.4) is 0 Å². The maximum Gasteiger partial charge on any atom is 0.165 e. The smallest absolute Gasteiger partial charge is 0.165 e. The van der Waals surface area contributed by atoms with Crippen molar-refractivity contribution in [2.75, 3.05) is 38.8 Å². The number of rotatable bonds is 11. The number of halogens is 1. The normalized spacial score (nSPS) is 17.3. The lowest BCUT2D eigenvalue weighted by Crippen LogP contribution is -2.28. The number of aryl methyl sites for hydroxylation is 1. The molecule has 1 atom stereocenters. The number of nitrogens with zero attached hydrogens (tertiary/aromatic N) is 1. The average Bonchev–Trinajstić information content (AvgIpc) is 2.98. The van der Waals surface area contributed by atoms with Gasteiger partial charge >= 0.3 is 0 Å². The zero-order valence-electron chi connectivity index (χ0n) is 23.9. The lowest BCUT2D eigenvalue weighted by molar-refractivity contribution is 0.284. The highest BCUT2D eigenvalue weighted by atomic mass is 19.1. The molecular weight excluding hydrogens is 503 g/mol. The van der Waals surface area contributed by atoms with E-state index in [1.807, 2.05) is 31.3 Å². The summed E-state index contributed by atoms with van der Waals surface area (Å²) in [6.45, 7) is 2.78. The molecule has 0 radical (unpaired) electrons. The second-order valence-electron chi connectivity index (χ2n) is 11.5. The number of aromatic hydroxyl groups is 1. The molecule has 1 fully saturated rings. The van der Waals surface area contributed by atoms with Crippen LogP contribution in [-0.2, 0) is 19.4 Å². The second kappa shape index (κ2) is 13.4. The van der Waals surface area contributed by atoms with Crippen LogP contribution in [-0.4, -0.2) is 39.0 Å². The summed E-state index contributed by atoms with van der Waals surface area (Å²) in [5, 5.41) is 13.3. The third-order valence-electron chi connectivity index (χ3n) is 8.62.